The summed E-state index contributed by atoms with van der Waals surface area (Å²) in [5.74, 6) is 5.37. The second-order valence-electron chi connectivity index (χ2n) is 5.53. The molecule has 20 heavy (non-hydrogen) atoms. The van der Waals surface area contributed by atoms with E-state index in [4.69, 9.17) is 5.11 Å². The Kier molecular flexibility index (Phi) is 5.35. The minimum absolute atomic E-state index is 0.172. The molecule has 110 valence electrons. The van der Waals surface area contributed by atoms with E-state index in [1.54, 1.807) is 27.8 Å². The molecule has 5 heteroatoms. The van der Waals surface area contributed by atoms with E-state index < -0.39 is 14.8 Å². The van der Waals surface area contributed by atoms with Crippen LogP contribution in [0.5, 0.6) is 0 Å². The van der Waals surface area contributed by atoms with E-state index >= 15 is 0 Å². The Morgan fingerprint density at radius 1 is 1.20 bits per heavy atom. The topological polar surface area (TPSA) is 57.6 Å². The van der Waals surface area contributed by atoms with Gasteiger partial charge in [-0.2, -0.15) is 0 Å². The van der Waals surface area contributed by atoms with Gasteiger partial charge in [-0.3, -0.25) is 0 Å². The van der Waals surface area contributed by atoms with Crippen LogP contribution < -0.4 is 0 Å². The SMILES string of the molecule is CN(Cc1ccc(C#CCO)cc1)S(=O)(=O)C(C)(C)C. The predicted molar refractivity (Wildman–Crippen MR) is 80.5 cm³/mol. The van der Waals surface area contributed by atoms with Gasteiger partial charge >= 0.3 is 0 Å². The molecular formula is C15H21NO3S. The third-order valence-electron chi connectivity index (χ3n) is 2.86. The Morgan fingerprint density at radius 2 is 1.75 bits per heavy atom. The molecule has 0 radical (unpaired) electrons. The van der Waals surface area contributed by atoms with Crippen LogP contribution in [-0.2, 0) is 16.6 Å². The number of hydrogen-bond donors (Lipinski definition) is 1. The number of hydrogen-bond acceptors (Lipinski definition) is 3. The Bertz CT molecular complexity index is 601. The van der Waals surface area contributed by atoms with E-state index in [9.17, 15) is 8.42 Å². The summed E-state index contributed by atoms with van der Waals surface area (Å²) < 4.78 is 25.0. The van der Waals surface area contributed by atoms with Gasteiger partial charge in [-0.15, -0.1) is 0 Å². The molecule has 0 aliphatic heterocycles. The van der Waals surface area contributed by atoms with Crippen molar-refractivity contribution in [1.82, 2.24) is 4.31 Å². The summed E-state index contributed by atoms with van der Waals surface area (Å²) in [5.41, 5.74) is 1.69. The normalized spacial score (nSPS) is 12.1. The van der Waals surface area contributed by atoms with Gasteiger partial charge in [0, 0.05) is 19.2 Å². The van der Waals surface area contributed by atoms with Gasteiger partial charge in [0.2, 0.25) is 10.0 Å². The zero-order valence-corrected chi connectivity index (χ0v) is 13.2. The molecule has 0 aromatic heterocycles. The molecule has 0 saturated heterocycles. The van der Waals surface area contributed by atoms with E-state index in [-0.39, 0.29) is 6.61 Å². The highest BCUT2D eigenvalue weighted by Gasteiger charge is 2.32. The molecular weight excluding hydrogens is 274 g/mol. The first-order valence-corrected chi connectivity index (χ1v) is 7.77. The number of benzene rings is 1. The highest BCUT2D eigenvalue weighted by molar-refractivity contribution is 7.90. The molecule has 4 nitrogen and oxygen atoms in total. The van der Waals surface area contributed by atoms with E-state index in [2.05, 4.69) is 11.8 Å². The summed E-state index contributed by atoms with van der Waals surface area (Å²) in [6, 6.07) is 7.32. The summed E-state index contributed by atoms with van der Waals surface area (Å²) in [4.78, 5) is 0. The lowest BCUT2D eigenvalue weighted by Crippen LogP contribution is -2.40. The molecule has 0 spiro atoms. The number of nitrogens with zero attached hydrogens (tertiary/aromatic N) is 1. The minimum atomic E-state index is -3.33. The zero-order valence-electron chi connectivity index (χ0n) is 12.3. The van der Waals surface area contributed by atoms with Crippen LogP contribution in [0.15, 0.2) is 24.3 Å². The van der Waals surface area contributed by atoms with Gasteiger partial charge in [-0.05, 0) is 38.5 Å². The third kappa shape index (κ3) is 4.07. The molecule has 0 unspecified atom stereocenters. The average molecular weight is 295 g/mol. The second-order valence-corrected chi connectivity index (χ2v) is 8.33. The van der Waals surface area contributed by atoms with Gasteiger partial charge in [0.25, 0.3) is 0 Å². The summed E-state index contributed by atoms with van der Waals surface area (Å²) in [6.45, 7) is 5.22. The Hall–Kier alpha value is -1.35. The van der Waals surface area contributed by atoms with Crippen molar-refractivity contribution in [2.24, 2.45) is 0 Å². The quantitative estimate of drug-likeness (QED) is 0.862. The first-order chi connectivity index (χ1) is 9.18. The molecule has 0 fully saturated rings. The average Bonchev–Trinajstić information content (AvgIpc) is 2.36. The maximum Gasteiger partial charge on any atom is 0.219 e. The molecule has 1 aromatic rings. The van der Waals surface area contributed by atoms with Crippen molar-refractivity contribution in [2.75, 3.05) is 13.7 Å². The Balaban J connectivity index is 2.85. The van der Waals surface area contributed by atoms with Crippen LogP contribution in [0.2, 0.25) is 0 Å². The fraction of sp³-hybridized carbons (Fsp3) is 0.467. The molecule has 0 heterocycles. The maximum absolute atomic E-state index is 12.2. The number of aliphatic hydroxyl groups excluding tert-OH is 1. The number of aliphatic hydroxyl groups is 1. The van der Waals surface area contributed by atoms with Crippen molar-refractivity contribution >= 4 is 10.0 Å². The lowest BCUT2D eigenvalue weighted by atomic mass is 10.1. The van der Waals surface area contributed by atoms with Crippen molar-refractivity contribution in [2.45, 2.75) is 32.1 Å². The molecule has 0 amide bonds. The fourth-order valence-corrected chi connectivity index (χ4v) is 2.90. The molecule has 0 atom stereocenters. The van der Waals surface area contributed by atoms with Gasteiger partial charge in [0.15, 0.2) is 0 Å². The first kappa shape index (κ1) is 16.7. The predicted octanol–water partition coefficient (Wildman–Crippen LogP) is 1.59. The lowest BCUT2D eigenvalue weighted by molar-refractivity contribution is 0.350. The molecule has 1 N–H and O–H groups in total. The van der Waals surface area contributed by atoms with Crippen LogP contribution >= 0.6 is 0 Å². The second kappa shape index (κ2) is 6.40. The van der Waals surface area contributed by atoms with Crippen molar-refractivity contribution in [3.63, 3.8) is 0 Å². The monoisotopic (exact) mass is 295 g/mol. The summed E-state index contributed by atoms with van der Waals surface area (Å²) >= 11 is 0. The highest BCUT2D eigenvalue weighted by atomic mass is 32.2. The minimum Gasteiger partial charge on any atom is -0.384 e. The fourth-order valence-electron chi connectivity index (χ4n) is 1.64. The molecule has 0 bridgehead atoms. The molecule has 0 saturated carbocycles. The summed E-state index contributed by atoms with van der Waals surface area (Å²) in [6.07, 6.45) is 0. The van der Waals surface area contributed by atoms with Crippen molar-refractivity contribution in [3.05, 3.63) is 35.4 Å². The van der Waals surface area contributed by atoms with Gasteiger partial charge in [0.1, 0.15) is 6.61 Å². The molecule has 1 rings (SSSR count). The van der Waals surface area contributed by atoms with Gasteiger partial charge < -0.3 is 5.11 Å². The van der Waals surface area contributed by atoms with Crippen LogP contribution in [-0.4, -0.2) is 36.2 Å². The summed E-state index contributed by atoms with van der Waals surface area (Å²) in [7, 11) is -1.74. The van der Waals surface area contributed by atoms with Crippen LogP contribution in [0.1, 0.15) is 31.9 Å². The molecule has 0 aliphatic rings. The van der Waals surface area contributed by atoms with Crippen molar-refractivity contribution in [1.29, 1.82) is 0 Å². The van der Waals surface area contributed by atoms with Crippen molar-refractivity contribution in [3.8, 4) is 11.8 Å². The van der Waals surface area contributed by atoms with Crippen molar-refractivity contribution < 1.29 is 13.5 Å². The Morgan fingerprint density at radius 3 is 2.20 bits per heavy atom. The van der Waals surface area contributed by atoms with E-state index in [1.165, 1.54) is 4.31 Å². The van der Waals surface area contributed by atoms with Gasteiger partial charge in [0.05, 0.1) is 4.75 Å². The highest BCUT2D eigenvalue weighted by Crippen LogP contribution is 2.20. The number of rotatable bonds is 3. The molecule has 0 aliphatic carbocycles. The van der Waals surface area contributed by atoms with Crippen LogP contribution in [0.25, 0.3) is 0 Å². The number of sulfonamides is 1. The van der Waals surface area contributed by atoms with E-state index in [0.717, 1.165) is 11.1 Å². The lowest BCUT2D eigenvalue weighted by Gasteiger charge is -2.26. The van der Waals surface area contributed by atoms with Gasteiger partial charge in [-0.1, -0.05) is 24.0 Å². The van der Waals surface area contributed by atoms with Crippen LogP contribution in [0.4, 0.5) is 0 Å². The van der Waals surface area contributed by atoms with Crippen LogP contribution in [0.3, 0.4) is 0 Å². The van der Waals surface area contributed by atoms with Crippen LogP contribution in [0, 0.1) is 11.8 Å². The smallest absolute Gasteiger partial charge is 0.219 e. The first-order valence-electron chi connectivity index (χ1n) is 6.33. The van der Waals surface area contributed by atoms with E-state index in [0.29, 0.717) is 6.54 Å². The third-order valence-corrected chi connectivity index (χ3v) is 5.35. The Labute approximate surface area is 121 Å². The largest absolute Gasteiger partial charge is 0.384 e. The molecule has 1 aromatic carbocycles. The zero-order chi connectivity index (χ0) is 15.4. The summed E-state index contributed by atoms with van der Waals surface area (Å²) in [5, 5.41) is 8.62. The maximum atomic E-state index is 12.2. The standard InChI is InChI=1S/C15H21NO3S/c1-15(2,3)20(18,19)16(4)12-14-9-7-13(8-10-14)6-5-11-17/h7-10,17H,11-12H2,1-4H3. The van der Waals surface area contributed by atoms with Gasteiger partial charge in [-0.25, -0.2) is 12.7 Å². The van der Waals surface area contributed by atoms with E-state index in [1.807, 2.05) is 24.3 Å².